The molecule has 0 saturated carbocycles. The van der Waals surface area contributed by atoms with E-state index in [1.165, 1.54) is 6.92 Å². The summed E-state index contributed by atoms with van der Waals surface area (Å²) in [5, 5.41) is 33.4. The predicted octanol–water partition coefficient (Wildman–Crippen LogP) is 1.86. The van der Waals surface area contributed by atoms with Crippen molar-refractivity contribution in [3.8, 4) is 0 Å². The van der Waals surface area contributed by atoms with E-state index in [4.69, 9.17) is 10.3 Å². The summed E-state index contributed by atoms with van der Waals surface area (Å²) in [6, 6.07) is 3.19. The number of oxime groups is 1. The normalized spacial score (nSPS) is 11.0. The van der Waals surface area contributed by atoms with Crippen molar-refractivity contribution >= 4 is 29.0 Å². The molecule has 0 saturated heterocycles. The van der Waals surface area contributed by atoms with Crippen LogP contribution in [0.25, 0.3) is 0 Å². The van der Waals surface area contributed by atoms with Crippen molar-refractivity contribution in [2.24, 2.45) is 5.16 Å². The molecule has 1 rings (SSSR count). The van der Waals surface area contributed by atoms with Crippen LogP contribution in [0, 0.1) is 10.1 Å². The van der Waals surface area contributed by atoms with Gasteiger partial charge in [-0.3, -0.25) is 14.9 Å². The Morgan fingerprint density at radius 3 is 2.57 bits per heavy atom. The summed E-state index contributed by atoms with van der Waals surface area (Å²) in [6.07, 6.45) is 0.178. The van der Waals surface area contributed by atoms with Crippen LogP contribution in [0.2, 0.25) is 0 Å². The summed E-state index contributed by atoms with van der Waals surface area (Å²) < 4.78 is 0. The second-order valence-corrected chi connectivity index (χ2v) is 4.18. The summed E-state index contributed by atoms with van der Waals surface area (Å²) >= 11 is 0. The van der Waals surface area contributed by atoms with E-state index in [1.54, 1.807) is 0 Å². The summed E-state index contributed by atoms with van der Waals surface area (Å²) in [5.74, 6) is -1.81. The Morgan fingerprint density at radius 2 is 2.05 bits per heavy atom. The lowest BCUT2D eigenvalue weighted by Gasteiger charge is -2.06. The maximum atomic E-state index is 11.6. The first-order chi connectivity index (χ1) is 9.85. The highest BCUT2D eigenvalue weighted by Gasteiger charge is 2.18. The number of nitro groups is 1. The molecule has 1 aromatic carbocycles. The lowest BCUT2D eigenvalue weighted by Crippen LogP contribution is -2.14. The molecule has 0 bridgehead atoms. The second-order valence-electron chi connectivity index (χ2n) is 4.18. The molecule has 112 valence electrons. The molecule has 0 aromatic heterocycles. The SMILES string of the molecule is CC(CCC(=O)Nc1ccc(C(=O)O)cc1[N+](=O)[O-])=NO. The van der Waals surface area contributed by atoms with Gasteiger partial charge in [0.15, 0.2) is 0 Å². The van der Waals surface area contributed by atoms with E-state index in [-0.39, 0.29) is 24.1 Å². The fraction of sp³-hybridized carbons (Fsp3) is 0.250. The van der Waals surface area contributed by atoms with Crippen molar-refractivity contribution in [1.29, 1.82) is 0 Å². The van der Waals surface area contributed by atoms with Gasteiger partial charge < -0.3 is 15.6 Å². The van der Waals surface area contributed by atoms with Gasteiger partial charge in [0.05, 0.1) is 16.2 Å². The number of carbonyl (C=O) groups is 2. The average molecular weight is 295 g/mol. The number of rotatable bonds is 6. The number of carbonyl (C=O) groups excluding carboxylic acids is 1. The quantitative estimate of drug-likeness (QED) is 0.316. The Labute approximate surface area is 119 Å². The van der Waals surface area contributed by atoms with Gasteiger partial charge in [-0.2, -0.15) is 0 Å². The third-order valence-corrected chi connectivity index (χ3v) is 2.60. The van der Waals surface area contributed by atoms with Gasteiger partial charge in [-0.15, -0.1) is 0 Å². The number of nitro benzene ring substituents is 1. The van der Waals surface area contributed by atoms with Crippen LogP contribution in [-0.2, 0) is 4.79 Å². The Balaban J connectivity index is 2.90. The molecular weight excluding hydrogens is 282 g/mol. The van der Waals surface area contributed by atoms with Crippen molar-refractivity contribution in [1.82, 2.24) is 0 Å². The van der Waals surface area contributed by atoms with Gasteiger partial charge in [-0.05, 0) is 25.5 Å². The monoisotopic (exact) mass is 295 g/mol. The highest BCUT2D eigenvalue weighted by atomic mass is 16.6. The number of carboxylic acids is 1. The number of nitrogens with one attached hydrogen (secondary N) is 1. The molecule has 1 amide bonds. The van der Waals surface area contributed by atoms with E-state index in [2.05, 4.69) is 10.5 Å². The molecule has 9 nitrogen and oxygen atoms in total. The molecule has 21 heavy (non-hydrogen) atoms. The number of benzene rings is 1. The van der Waals surface area contributed by atoms with Crippen LogP contribution in [0.1, 0.15) is 30.1 Å². The van der Waals surface area contributed by atoms with Crippen molar-refractivity contribution in [3.63, 3.8) is 0 Å². The van der Waals surface area contributed by atoms with Crippen molar-refractivity contribution < 1.29 is 24.8 Å². The average Bonchev–Trinajstić information content (AvgIpc) is 2.44. The van der Waals surface area contributed by atoms with Crippen LogP contribution >= 0.6 is 0 Å². The summed E-state index contributed by atoms with van der Waals surface area (Å²) in [6.45, 7) is 1.53. The van der Waals surface area contributed by atoms with Gasteiger partial charge in [-0.25, -0.2) is 4.79 Å². The summed E-state index contributed by atoms with van der Waals surface area (Å²) in [4.78, 5) is 32.5. The van der Waals surface area contributed by atoms with Crippen LogP contribution < -0.4 is 5.32 Å². The van der Waals surface area contributed by atoms with Crippen LogP contribution in [0.5, 0.6) is 0 Å². The van der Waals surface area contributed by atoms with Crippen molar-refractivity contribution in [2.75, 3.05) is 5.32 Å². The molecule has 0 aliphatic heterocycles. The topological polar surface area (TPSA) is 142 Å². The van der Waals surface area contributed by atoms with Gasteiger partial charge >= 0.3 is 5.97 Å². The standard InChI is InChI=1S/C12H13N3O6/c1-7(14-19)2-5-11(16)13-9-4-3-8(12(17)18)6-10(9)15(20)21/h3-4,6,19H,2,5H2,1H3,(H,13,16)(H,17,18). The van der Waals surface area contributed by atoms with Crippen LogP contribution in [0.15, 0.2) is 23.4 Å². The zero-order valence-corrected chi connectivity index (χ0v) is 11.1. The fourth-order valence-corrected chi connectivity index (χ4v) is 1.48. The number of anilines is 1. The van der Waals surface area contributed by atoms with Crippen molar-refractivity contribution in [3.05, 3.63) is 33.9 Å². The Morgan fingerprint density at radius 1 is 1.38 bits per heavy atom. The molecule has 0 aliphatic carbocycles. The number of hydrogen-bond acceptors (Lipinski definition) is 6. The molecule has 0 heterocycles. The predicted molar refractivity (Wildman–Crippen MR) is 72.8 cm³/mol. The first-order valence-electron chi connectivity index (χ1n) is 5.84. The molecule has 0 atom stereocenters. The van der Waals surface area contributed by atoms with E-state index in [0.29, 0.717) is 5.71 Å². The number of hydrogen-bond donors (Lipinski definition) is 3. The minimum atomic E-state index is -1.30. The number of amides is 1. The van der Waals surface area contributed by atoms with E-state index < -0.39 is 22.5 Å². The zero-order chi connectivity index (χ0) is 16.0. The van der Waals surface area contributed by atoms with Gasteiger partial charge in [0.1, 0.15) is 5.69 Å². The third-order valence-electron chi connectivity index (χ3n) is 2.60. The number of aromatic carboxylic acids is 1. The first-order valence-corrected chi connectivity index (χ1v) is 5.84. The zero-order valence-electron chi connectivity index (χ0n) is 11.1. The maximum Gasteiger partial charge on any atom is 0.335 e. The second kappa shape index (κ2) is 6.98. The molecule has 0 fully saturated rings. The smallest absolute Gasteiger partial charge is 0.335 e. The largest absolute Gasteiger partial charge is 0.478 e. The summed E-state index contributed by atoms with van der Waals surface area (Å²) in [5.41, 5.74) is -0.492. The fourth-order valence-electron chi connectivity index (χ4n) is 1.48. The summed E-state index contributed by atoms with van der Waals surface area (Å²) in [7, 11) is 0. The number of carboxylic acid groups (broad SMARTS) is 1. The molecular formula is C12H13N3O6. The van der Waals surface area contributed by atoms with Crippen LogP contribution in [-0.4, -0.2) is 32.8 Å². The van der Waals surface area contributed by atoms with E-state index in [0.717, 1.165) is 18.2 Å². The van der Waals surface area contributed by atoms with Gasteiger partial charge in [-0.1, -0.05) is 5.16 Å². The van der Waals surface area contributed by atoms with Crippen molar-refractivity contribution in [2.45, 2.75) is 19.8 Å². The third kappa shape index (κ3) is 4.56. The number of nitrogens with zero attached hydrogens (tertiary/aromatic N) is 2. The molecule has 0 unspecified atom stereocenters. The molecule has 0 radical (unpaired) electrons. The minimum Gasteiger partial charge on any atom is -0.478 e. The van der Waals surface area contributed by atoms with Crippen LogP contribution in [0.3, 0.4) is 0 Å². The molecule has 3 N–H and O–H groups in total. The Hall–Kier alpha value is -2.97. The lowest BCUT2D eigenvalue weighted by molar-refractivity contribution is -0.384. The Kier molecular flexibility index (Phi) is 5.35. The highest BCUT2D eigenvalue weighted by molar-refractivity contribution is 5.97. The van der Waals surface area contributed by atoms with E-state index in [9.17, 15) is 19.7 Å². The molecule has 0 spiro atoms. The molecule has 9 heteroatoms. The first kappa shape index (κ1) is 16.1. The lowest BCUT2D eigenvalue weighted by atomic mass is 10.1. The highest BCUT2D eigenvalue weighted by Crippen LogP contribution is 2.25. The van der Waals surface area contributed by atoms with E-state index >= 15 is 0 Å². The minimum absolute atomic E-state index is 0.0201. The molecule has 1 aromatic rings. The van der Waals surface area contributed by atoms with Crippen LogP contribution in [0.4, 0.5) is 11.4 Å². The van der Waals surface area contributed by atoms with Gasteiger partial charge in [0, 0.05) is 12.5 Å². The maximum absolute atomic E-state index is 11.6. The van der Waals surface area contributed by atoms with Gasteiger partial charge in [0.25, 0.3) is 5.69 Å². The molecule has 0 aliphatic rings. The Bertz CT molecular complexity index is 611. The van der Waals surface area contributed by atoms with E-state index in [1.807, 2.05) is 0 Å². The van der Waals surface area contributed by atoms with Gasteiger partial charge in [0.2, 0.25) is 5.91 Å².